The average Bonchev–Trinajstić information content (AvgIpc) is 2.48. The molecule has 2 rings (SSSR count). The van der Waals surface area contributed by atoms with Crippen molar-refractivity contribution in [2.75, 3.05) is 6.54 Å². The lowest BCUT2D eigenvalue weighted by molar-refractivity contribution is 0.0953. The second-order valence-corrected chi connectivity index (χ2v) is 5.68. The van der Waals surface area contributed by atoms with Crippen LogP contribution in [0.25, 0.3) is 0 Å². The van der Waals surface area contributed by atoms with Gasteiger partial charge in [-0.05, 0) is 43.2 Å². The highest BCUT2D eigenvalue weighted by molar-refractivity contribution is 9.10. The first kappa shape index (κ1) is 15.4. The molecule has 0 saturated carbocycles. The van der Waals surface area contributed by atoms with Crippen molar-refractivity contribution in [2.45, 2.75) is 13.3 Å². The van der Waals surface area contributed by atoms with E-state index in [0.29, 0.717) is 17.7 Å². The van der Waals surface area contributed by atoms with E-state index in [1.807, 2.05) is 36.4 Å². The molecule has 0 bridgehead atoms. The van der Waals surface area contributed by atoms with Gasteiger partial charge in [0, 0.05) is 22.1 Å². The van der Waals surface area contributed by atoms with Crippen molar-refractivity contribution in [1.82, 2.24) is 5.32 Å². The highest BCUT2D eigenvalue weighted by Gasteiger charge is 2.04. The van der Waals surface area contributed by atoms with E-state index in [1.54, 1.807) is 19.1 Å². The fourth-order valence-electron chi connectivity index (χ4n) is 1.93. The molecule has 0 aliphatic carbocycles. The first-order chi connectivity index (χ1) is 10.1. The molecule has 0 fully saturated rings. The van der Waals surface area contributed by atoms with Gasteiger partial charge in [-0.3, -0.25) is 9.59 Å². The fraction of sp³-hybridized carbons (Fsp3) is 0.176. The van der Waals surface area contributed by atoms with Gasteiger partial charge in [-0.1, -0.05) is 40.2 Å². The van der Waals surface area contributed by atoms with Gasteiger partial charge in [0.05, 0.1) is 0 Å². The van der Waals surface area contributed by atoms with Crippen LogP contribution in [0.15, 0.2) is 53.0 Å². The Labute approximate surface area is 132 Å². The van der Waals surface area contributed by atoms with Crippen molar-refractivity contribution in [2.24, 2.45) is 0 Å². The molecule has 21 heavy (non-hydrogen) atoms. The van der Waals surface area contributed by atoms with Crippen LogP contribution in [-0.2, 0) is 6.42 Å². The topological polar surface area (TPSA) is 46.2 Å². The predicted octanol–water partition coefficient (Wildman–Crippen LogP) is 3.62. The van der Waals surface area contributed by atoms with Gasteiger partial charge >= 0.3 is 0 Å². The maximum atomic E-state index is 11.9. The van der Waals surface area contributed by atoms with Crippen molar-refractivity contribution in [1.29, 1.82) is 0 Å². The second-order valence-electron chi connectivity index (χ2n) is 4.77. The van der Waals surface area contributed by atoms with Crippen molar-refractivity contribution in [3.63, 3.8) is 0 Å². The number of Topliss-reactive ketones (excluding diaryl/α,β-unsaturated/α-hetero) is 1. The molecule has 0 saturated heterocycles. The van der Waals surface area contributed by atoms with E-state index in [-0.39, 0.29) is 11.7 Å². The molecule has 0 aliphatic rings. The van der Waals surface area contributed by atoms with Gasteiger partial charge in [0.25, 0.3) is 5.91 Å². The fourth-order valence-corrected chi connectivity index (χ4v) is 2.19. The third-order valence-electron chi connectivity index (χ3n) is 3.17. The Balaban J connectivity index is 1.85. The molecule has 0 radical (unpaired) electrons. The highest BCUT2D eigenvalue weighted by atomic mass is 79.9. The lowest BCUT2D eigenvalue weighted by atomic mass is 10.1. The minimum atomic E-state index is -0.0807. The molecule has 1 N–H and O–H groups in total. The number of hydrogen-bond acceptors (Lipinski definition) is 2. The van der Waals surface area contributed by atoms with Crippen LogP contribution in [-0.4, -0.2) is 18.2 Å². The summed E-state index contributed by atoms with van der Waals surface area (Å²) in [6, 6.07) is 14.7. The molecule has 4 heteroatoms. The van der Waals surface area contributed by atoms with Crippen LogP contribution in [0.2, 0.25) is 0 Å². The zero-order chi connectivity index (χ0) is 15.2. The molecule has 2 aromatic carbocycles. The highest BCUT2D eigenvalue weighted by Crippen LogP contribution is 2.10. The maximum Gasteiger partial charge on any atom is 0.251 e. The number of halogens is 1. The number of carbonyl (C=O) groups excluding carboxylic acids is 2. The zero-order valence-corrected chi connectivity index (χ0v) is 13.3. The Bertz CT molecular complexity index is 633. The SMILES string of the molecule is CC(=O)c1ccc(CCNC(=O)c2ccc(Br)cc2)cc1. The van der Waals surface area contributed by atoms with Crippen LogP contribution in [0, 0.1) is 0 Å². The van der Waals surface area contributed by atoms with Gasteiger partial charge < -0.3 is 5.32 Å². The van der Waals surface area contributed by atoms with Gasteiger partial charge in [0.2, 0.25) is 0 Å². The summed E-state index contributed by atoms with van der Waals surface area (Å²) in [4.78, 5) is 23.1. The number of benzene rings is 2. The summed E-state index contributed by atoms with van der Waals surface area (Å²) < 4.78 is 0.949. The lowest BCUT2D eigenvalue weighted by Crippen LogP contribution is -2.25. The van der Waals surface area contributed by atoms with Crippen LogP contribution >= 0.6 is 15.9 Å². The third kappa shape index (κ3) is 4.53. The third-order valence-corrected chi connectivity index (χ3v) is 3.69. The number of ketones is 1. The molecular formula is C17H16BrNO2. The molecule has 108 valence electrons. The predicted molar refractivity (Wildman–Crippen MR) is 86.6 cm³/mol. The number of hydrogen-bond donors (Lipinski definition) is 1. The molecule has 0 aliphatic heterocycles. The summed E-state index contributed by atoms with van der Waals surface area (Å²) in [7, 11) is 0. The van der Waals surface area contributed by atoms with E-state index in [0.717, 1.165) is 16.5 Å². The lowest BCUT2D eigenvalue weighted by Gasteiger charge is -2.06. The van der Waals surface area contributed by atoms with E-state index in [4.69, 9.17) is 0 Å². The quantitative estimate of drug-likeness (QED) is 0.841. The largest absolute Gasteiger partial charge is 0.352 e. The van der Waals surface area contributed by atoms with Crippen molar-refractivity contribution in [3.05, 3.63) is 69.7 Å². The smallest absolute Gasteiger partial charge is 0.251 e. The Kier molecular flexibility index (Phi) is 5.28. The number of nitrogens with one attached hydrogen (secondary N) is 1. The van der Waals surface area contributed by atoms with Gasteiger partial charge in [-0.2, -0.15) is 0 Å². The van der Waals surface area contributed by atoms with E-state index in [1.165, 1.54) is 0 Å². The first-order valence-corrected chi connectivity index (χ1v) is 7.49. The van der Waals surface area contributed by atoms with E-state index in [9.17, 15) is 9.59 Å². The molecule has 0 aromatic heterocycles. The minimum absolute atomic E-state index is 0.0603. The van der Waals surface area contributed by atoms with Crippen LogP contribution in [0.5, 0.6) is 0 Å². The van der Waals surface area contributed by atoms with E-state index < -0.39 is 0 Å². The Hall–Kier alpha value is -1.94. The van der Waals surface area contributed by atoms with Crippen LogP contribution < -0.4 is 5.32 Å². The second kappa shape index (κ2) is 7.18. The van der Waals surface area contributed by atoms with Crippen LogP contribution in [0.3, 0.4) is 0 Å². The normalized spacial score (nSPS) is 10.2. The Morgan fingerprint density at radius 1 is 0.952 bits per heavy atom. The monoisotopic (exact) mass is 345 g/mol. The van der Waals surface area contributed by atoms with Crippen LogP contribution in [0.1, 0.15) is 33.2 Å². The molecule has 3 nitrogen and oxygen atoms in total. The minimum Gasteiger partial charge on any atom is -0.352 e. The molecule has 0 atom stereocenters. The van der Waals surface area contributed by atoms with E-state index in [2.05, 4.69) is 21.2 Å². The zero-order valence-electron chi connectivity index (χ0n) is 11.7. The van der Waals surface area contributed by atoms with Crippen molar-refractivity contribution in [3.8, 4) is 0 Å². The standard InChI is InChI=1S/C17H16BrNO2/c1-12(20)14-4-2-13(3-5-14)10-11-19-17(21)15-6-8-16(18)9-7-15/h2-9H,10-11H2,1H3,(H,19,21). The van der Waals surface area contributed by atoms with E-state index >= 15 is 0 Å². The molecular weight excluding hydrogens is 330 g/mol. The summed E-state index contributed by atoms with van der Waals surface area (Å²) in [5.41, 5.74) is 2.44. The molecule has 1 amide bonds. The van der Waals surface area contributed by atoms with Gasteiger partial charge in [0.15, 0.2) is 5.78 Å². The van der Waals surface area contributed by atoms with Crippen LogP contribution in [0.4, 0.5) is 0 Å². The number of amides is 1. The summed E-state index contributed by atoms with van der Waals surface area (Å²) in [5.74, 6) is -0.0204. The number of rotatable bonds is 5. The molecule has 0 heterocycles. The maximum absolute atomic E-state index is 11.9. The first-order valence-electron chi connectivity index (χ1n) is 6.70. The summed E-state index contributed by atoms with van der Waals surface area (Å²) in [6.07, 6.45) is 0.737. The van der Waals surface area contributed by atoms with Crippen molar-refractivity contribution < 1.29 is 9.59 Å². The molecule has 2 aromatic rings. The van der Waals surface area contributed by atoms with Gasteiger partial charge in [0.1, 0.15) is 0 Å². The van der Waals surface area contributed by atoms with Gasteiger partial charge in [-0.25, -0.2) is 0 Å². The summed E-state index contributed by atoms with van der Waals surface area (Å²) >= 11 is 3.34. The average molecular weight is 346 g/mol. The summed E-state index contributed by atoms with van der Waals surface area (Å²) in [5, 5.41) is 2.88. The van der Waals surface area contributed by atoms with Crippen molar-refractivity contribution >= 4 is 27.6 Å². The van der Waals surface area contributed by atoms with Gasteiger partial charge in [-0.15, -0.1) is 0 Å². The number of carbonyl (C=O) groups is 2. The molecule has 0 spiro atoms. The summed E-state index contributed by atoms with van der Waals surface area (Å²) in [6.45, 7) is 2.11. The molecule has 0 unspecified atom stereocenters. The Morgan fingerprint density at radius 2 is 1.52 bits per heavy atom. The Morgan fingerprint density at radius 3 is 2.10 bits per heavy atom.